The van der Waals surface area contributed by atoms with Crippen molar-refractivity contribution >= 4 is 22.9 Å². The lowest BCUT2D eigenvalue weighted by Gasteiger charge is -2.04. The third-order valence-corrected chi connectivity index (χ3v) is 4.94. The summed E-state index contributed by atoms with van der Waals surface area (Å²) in [7, 11) is 0. The summed E-state index contributed by atoms with van der Waals surface area (Å²) in [5, 5.41) is 3.75. The Morgan fingerprint density at radius 2 is 1.42 bits per heavy atom. The summed E-state index contributed by atoms with van der Waals surface area (Å²) >= 11 is 1.40. The lowest BCUT2D eigenvalue weighted by atomic mass is 10.1. The highest BCUT2D eigenvalue weighted by molar-refractivity contribution is 7.17. The number of hydrogen-bond donors (Lipinski definition) is 1. The summed E-state index contributed by atoms with van der Waals surface area (Å²) in [6.07, 6.45) is 3.30. The van der Waals surface area contributed by atoms with Gasteiger partial charge in [-0.25, -0.2) is 4.98 Å². The SMILES string of the molecule is O=C(Nc1ccncc1)c1sc(-c2ccccc2)nc1-c1ccccc1. The molecular formula is C21H15N3OS. The average Bonchev–Trinajstić information content (AvgIpc) is 3.16. The van der Waals surface area contributed by atoms with Crippen molar-refractivity contribution in [3.8, 4) is 21.8 Å². The first-order valence-corrected chi connectivity index (χ1v) is 8.96. The molecule has 4 rings (SSSR count). The summed E-state index contributed by atoms with van der Waals surface area (Å²) in [6.45, 7) is 0. The summed E-state index contributed by atoms with van der Waals surface area (Å²) in [5.41, 5.74) is 3.32. The molecular weight excluding hydrogens is 342 g/mol. The number of carbonyl (C=O) groups excluding carboxylic acids is 1. The fourth-order valence-corrected chi connectivity index (χ4v) is 3.58. The molecule has 0 atom stereocenters. The van der Waals surface area contributed by atoms with Crippen LogP contribution >= 0.6 is 11.3 Å². The molecule has 26 heavy (non-hydrogen) atoms. The van der Waals surface area contributed by atoms with Crippen molar-refractivity contribution in [1.82, 2.24) is 9.97 Å². The molecule has 1 N–H and O–H groups in total. The Kier molecular flexibility index (Phi) is 4.53. The molecule has 2 aromatic carbocycles. The molecule has 2 aromatic heterocycles. The van der Waals surface area contributed by atoms with E-state index >= 15 is 0 Å². The largest absolute Gasteiger partial charge is 0.321 e. The maximum atomic E-state index is 12.9. The van der Waals surface area contributed by atoms with E-state index in [0.29, 0.717) is 16.3 Å². The van der Waals surface area contributed by atoms with Crippen molar-refractivity contribution in [3.63, 3.8) is 0 Å². The molecule has 0 saturated carbocycles. The molecule has 126 valence electrons. The van der Waals surface area contributed by atoms with Crippen LogP contribution in [0.25, 0.3) is 21.8 Å². The van der Waals surface area contributed by atoms with Crippen LogP contribution in [0.4, 0.5) is 5.69 Å². The van der Waals surface area contributed by atoms with Crippen molar-refractivity contribution < 1.29 is 4.79 Å². The zero-order valence-corrected chi connectivity index (χ0v) is 14.6. The lowest BCUT2D eigenvalue weighted by Crippen LogP contribution is -2.11. The van der Waals surface area contributed by atoms with E-state index in [1.165, 1.54) is 11.3 Å². The van der Waals surface area contributed by atoms with Gasteiger partial charge in [-0.05, 0) is 12.1 Å². The molecule has 4 aromatic rings. The van der Waals surface area contributed by atoms with Gasteiger partial charge in [0, 0.05) is 29.2 Å². The van der Waals surface area contributed by atoms with E-state index in [-0.39, 0.29) is 5.91 Å². The van der Waals surface area contributed by atoms with E-state index in [2.05, 4.69) is 10.3 Å². The summed E-state index contributed by atoms with van der Waals surface area (Å²) in [5.74, 6) is -0.172. The van der Waals surface area contributed by atoms with Crippen LogP contribution in [0, 0.1) is 0 Å². The van der Waals surface area contributed by atoms with Gasteiger partial charge < -0.3 is 5.32 Å². The molecule has 0 fully saturated rings. The van der Waals surface area contributed by atoms with Crippen molar-refractivity contribution in [2.75, 3.05) is 5.32 Å². The smallest absolute Gasteiger partial charge is 0.268 e. The molecule has 0 saturated heterocycles. The minimum atomic E-state index is -0.172. The molecule has 0 radical (unpaired) electrons. The summed E-state index contributed by atoms with van der Waals surface area (Å²) < 4.78 is 0. The summed E-state index contributed by atoms with van der Waals surface area (Å²) in [6, 6.07) is 23.2. The van der Waals surface area contributed by atoms with E-state index in [9.17, 15) is 4.79 Å². The number of amides is 1. The Bertz CT molecular complexity index is 1020. The number of thiazole rings is 1. The third kappa shape index (κ3) is 3.38. The number of pyridine rings is 1. The second kappa shape index (κ2) is 7.29. The van der Waals surface area contributed by atoms with E-state index in [1.54, 1.807) is 24.5 Å². The van der Waals surface area contributed by atoms with Gasteiger partial charge in [-0.1, -0.05) is 60.7 Å². The fraction of sp³-hybridized carbons (Fsp3) is 0. The number of hydrogen-bond acceptors (Lipinski definition) is 4. The zero-order chi connectivity index (χ0) is 17.8. The topological polar surface area (TPSA) is 54.9 Å². The Balaban J connectivity index is 1.77. The molecule has 0 aliphatic heterocycles. The van der Waals surface area contributed by atoms with Crippen molar-refractivity contribution in [2.24, 2.45) is 0 Å². The first-order chi connectivity index (χ1) is 12.8. The van der Waals surface area contributed by atoms with Gasteiger partial charge >= 0.3 is 0 Å². The molecule has 5 heteroatoms. The minimum absolute atomic E-state index is 0.172. The molecule has 0 bridgehead atoms. The maximum Gasteiger partial charge on any atom is 0.268 e. The average molecular weight is 357 g/mol. The summed E-state index contributed by atoms with van der Waals surface area (Å²) in [4.78, 5) is 22.2. The first-order valence-electron chi connectivity index (χ1n) is 8.14. The predicted molar refractivity (Wildman–Crippen MR) is 105 cm³/mol. The van der Waals surface area contributed by atoms with Crippen LogP contribution in [0.3, 0.4) is 0 Å². The van der Waals surface area contributed by atoms with Crippen LogP contribution in [0.15, 0.2) is 85.2 Å². The Morgan fingerprint density at radius 1 is 0.808 bits per heavy atom. The van der Waals surface area contributed by atoms with Crippen molar-refractivity contribution in [3.05, 3.63) is 90.1 Å². The molecule has 1 amide bonds. The highest BCUT2D eigenvalue weighted by atomic mass is 32.1. The quantitative estimate of drug-likeness (QED) is 0.551. The van der Waals surface area contributed by atoms with Gasteiger partial charge in [0.1, 0.15) is 9.88 Å². The molecule has 4 nitrogen and oxygen atoms in total. The van der Waals surface area contributed by atoms with Gasteiger partial charge in [-0.2, -0.15) is 0 Å². The molecule has 0 aliphatic rings. The van der Waals surface area contributed by atoms with Gasteiger partial charge in [0.25, 0.3) is 5.91 Å². The van der Waals surface area contributed by atoms with Gasteiger partial charge in [0.05, 0.1) is 5.69 Å². The van der Waals surface area contributed by atoms with Gasteiger partial charge in [0.2, 0.25) is 0 Å². The minimum Gasteiger partial charge on any atom is -0.321 e. The Labute approximate surface area is 155 Å². The van der Waals surface area contributed by atoms with Crippen molar-refractivity contribution in [2.45, 2.75) is 0 Å². The highest BCUT2D eigenvalue weighted by Crippen LogP contribution is 2.34. The second-order valence-electron chi connectivity index (χ2n) is 5.62. The van der Waals surface area contributed by atoms with E-state index in [4.69, 9.17) is 4.98 Å². The number of carbonyl (C=O) groups is 1. The van der Waals surface area contributed by atoms with Gasteiger partial charge in [-0.15, -0.1) is 11.3 Å². The number of aromatic nitrogens is 2. The van der Waals surface area contributed by atoms with Crippen LogP contribution in [0.1, 0.15) is 9.67 Å². The number of nitrogens with zero attached hydrogens (tertiary/aromatic N) is 2. The Hall–Kier alpha value is -3.31. The molecule has 0 unspecified atom stereocenters. The molecule has 2 heterocycles. The number of anilines is 1. The van der Waals surface area contributed by atoms with Crippen LogP contribution in [-0.4, -0.2) is 15.9 Å². The standard InChI is InChI=1S/C21H15N3OS/c25-20(23-17-11-13-22-14-12-17)19-18(15-7-3-1-4-8-15)24-21(26-19)16-9-5-2-6-10-16/h1-14H,(H,22,23,25). The van der Waals surface area contributed by atoms with Crippen LogP contribution in [0.5, 0.6) is 0 Å². The van der Waals surface area contributed by atoms with Gasteiger partial charge in [-0.3, -0.25) is 9.78 Å². The van der Waals surface area contributed by atoms with E-state index in [1.807, 2.05) is 60.7 Å². The normalized spacial score (nSPS) is 10.5. The maximum absolute atomic E-state index is 12.9. The lowest BCUT2D eigenvalue weighted by molar-refractivity contribution is 0.103. The monoisotopic (exact) mass is 357 g/mol. The number of rotatable bonds is 4. The van der Waals surface area contributed by atoms with E-state index in [0.717, 1.165) is 16.1 Å². The van der Waals surface area contributed by atoms with E-state index < -0.39 is 0 Å². The molecule has 0 spiro atoms. The predicted octanol–water partition coefficient (Wildman–Crippen LogP) is 5.12. The number of benzene rings is 2. The second-order valence-corrected chi connectivity index (χ2v) is 6.62. The van der Waals surface area contributed by atoms with Crippen LogP contribution in [-0.2, 0) is 0 Å². The van der Waals surface area contributed by atoms with Crippen LogP contribution in [0.2, 0.25) is 0 Å². The van der Waals surface area contributed by atoms with Crippen LogP contribution < -0.4 is 5.32 Å². The fourth-order valence-electron chi connectivity index (χ4n) is 2.59. The first kappa shape index (κ1) is 16.2. The molecule has 0 aliphatic carbocycles. The third-order valence-electron chi connectivity index (χ3n) is 3.84. The van der Waals surface area contributed by atoms with Gasteiger partial charge in [0.15, 0.2) is 0 Å². The number of nitrogens with one attached hydrogen (secondary N) is 1. The Morgan fingerprint density at radius 3 is 2.08 bits per heavy atom. The highest BCUT2D eigenvalue weighted by Gasteiger charge is 2.20. The zero-order valence-electron chi connectivity index (χ0n) is 13.8. The van der Waals surface area contributed by atoms with Crippen molar-refractivity contribution in [1.29, 1.82) is 0 Å².